The van der Waals surface area contributed by atoms with Gasteiger partial charge < -0.3 is 5.32 Å². The van der Waals surface area contributed by atoms with Crippen molar-refractivity contribution in [3.05, 3.63) is 75.7 Å². The Morgan fingerprint density at radius 1 is 1.23 bits per heavy atom. The molecule has 1 aromatic carbocycles. The quantitative estimate of drug-likeness (QED) is 0.508. The topological polar surface area (TPSA) is 116 Å². The smallest absolute Gasteiger partial charge is 0.270 e. The van der Waals surface area contributed by atoms with Gasteiger partial charge in [-0.25, -0.2) is 4.68 Å². The molecule has 2 aromatic heterocycles. The van der Waals surface area contributed by atoms with Crippen molar-refractivity contribution in [2.75, 3.05) is 5.32 Å². The summed E-state index contributed by atoms with van der Waals surface area (Å²) in [7, 11) is 0. The molecule has 156 valence electrons. The maximum absolute atomic E-state index is 13.2. The second-order valence-corrected chi connectivity index (χ2v) is 8.66. The van der Waals surface area contributed by atoms with Crippen LogP contribution in [0.15, 0.2) is 60.1 Å². The van der Waals surface area contributed by atoms with Crippen molar-refractivity contribution in [2.45, 2.75) is 32.7 Å². The first-order valence-corrected chi connectivity index (χ1v) is 9.97. The molecule has 0 amide bonds. The number of Topliss-reactive ketones (excluding diaryl/α,β-unsaturated/α-hetero) is 1. The molecule has 0 bridgehead atoms. The maximum Gasteiger partial charge on any atom is 0.270 e. The molecule has 2 aliphatic rings. The predicted octanol–water partition coefficient (Wildman–Crippen LogP) is 3.91. The van der Waals surface area contributed by atoms with Crippen molar-refractivity contribution in [3.8, 4) is 11.4 Å². The van der Waals surface area contributed by atoms with E-state index in [4.69, 9.17) is 0 Å². The molecule has 31 heavy (non-hydrogen) atoms. The number of hydrogen-bond acceptors (Lipinski definition) is 7. The molecule has 1 unspecified atom stereocenters. The molecule has 1 N–H and O–H groups in total. The number of aromatic nitrogens is 4. The number of hydrogen-bond donors (Lipinski definition) is 1. The van der Waals surface area contributed by atoms with Crippen LogP contribution >= 0.6 is 0 Å². The van der Waals surface area contributed by atoms with E-state index in [-0.39, 0.29) is 16.9 Å². The molecule has 0 spiro atoms. The molecule has 0 fully saturated rings. The van der Waals surface area contributed by atoms with Crippen LogP contribution in [-0.2, 0) is 4.79 Å². The Labute approximate surface area is 178 Å². The lowest BCUT2D eigenvalue weighted by atomic mass is 9.73. The fourth-order valence-electron chi connectivity index (χ4n) is 4.34. The molecule has 9 heteroatoms. The Morgan fingerprint density at radius 2 is 2.06 bits per heavy atom. The zero-order valence-corrected chi connectivity index (χ0v) is 17.1. The number of allylic oxidation sites excluding steroid dienone is 2. The number of ketones is 1. The minimum Gasteiger partial charge on any atom is -0.328 e. The summed E-state index contributed by atoms with van der Waals surface area (Å²) in [5.41, 5.74) is 2.70. The highest BCUT2D eigenvalue weighted by atomic mass is 16.6. The van der Waals surface area contributed by atoms with Crippen molar-refractivity contribution in [3.63, 3.8) is 0 Å². The third-order valence-corrected chi connectivity index (χ3v) is 5.65. The first-order chi connectivity index (χ1) is 14.8. The van der Waals surface area contributed by atoms with Gasteiger partial charge in [-0.05, 0) is 23.5 Å². The Morgan fingerprint density at radius 3 is 2.81 bits per heavy atom. The number of nitro groups is 1. The fourth-order valence-corrected chi connectivity index (χ4v) is 4.34. The fraction of sp³-hybridized carbons (Fsp3) is 0.273. The van der Waals surface area contributed by atoms with Crippen LogP contribution in [0.4, 0.5) is 11.6 Å². The van der Waals surface area contributed by atoms with Crippen LogP contribution < -0.4 is 5.32 Å². The minimum absolute atomic E-state index is 0.0311. The number of carbonyl (C=O) groups is 1. The number of nitro benzene ring substituents is 1. The molecule has 3 aromatic rings. The van der Waals surface area contributed by atoms with Crippen molar-refractivity contribution in [1.82, 2.24) is 19.7 Å². The zero-order chi connectivity index (χ0) is 21.8. The predicted molar refractivity (Wildman–Crippen MR) is 113 cm³/mol. The van der Waals surface area contributed by atoms with Gasteiger partial charge in [0.25, 0.3) is 5.69 Å². The van der Waals surface area contributed by atoms with E-state index in [1.165, 1.54) is 12.1 Å². The van der Waals surface area contributed by atoms with Gasteiger partial charge >= 0.3 is 0 Å². The lowest BCUT2D eigenvalue weighted by molar-refractivity contribution is -0.384. The second-order valence-electron chi connectivity index (χ2n) is 8.66. The van der Waals surface area contributed by atoms with E-state index in [0.717, 1.165) is 11.3 Å². The van der Waals surface area contributed by atoms with Gasteiger partial charge in [-0.2, -0.15) is 4.98 Å². The van der Waals surface area contributed by atoms with E-state index in [0.29, 0.717) is 35.8 Å². The van der Waals surface area contributed by atoms with Gasteiger partial charge in [0.15, 0.2) is 11.6 Å². The highest BCUT2D eigenvalue weighted by Crippen LogP contribution is 2.45. The maximum atomic E-state index is 13.2. The lowest BCUT2D eigenvalue weighted by Gasteiger charge is -2.38. The number of pyridine rings is 1. The van der Waals surface area contributed by atoms with E-state index in [9.17, 15) is 14.9 Å². The van der Waals surface area contributed by atoms with Crippen molar-refractivity contribution in [1.29, 1.82) is 0 Å². The zero-order valence-electron chi connectivity index (χ0n) is 17.1. The van der Waals surface area contributed by atoms with Crippen molar-refractivity contribution >= 4 is 17.4 Å². The van der Waals surface area contributed by atoms with E-state index >= 15 is 0 Å². The average molecular weight is 416 g/mol. The molecule has 3 heterocycles. The number of carbonyl (C=O) groups excluding carboxylic acids is 1. The SMILES string of the molecule is CC1(C)CC(=O)C2=C(C1)Nc1nc(-c3cccc([N+](=O)[O-])c3)nn1C2c1cccnc1. The van der Waals surface area contributed by atoms with Crippen LogP contribution in [0.25, 0.3) is 11.4 Å². The van der Waals surface area contributed by atoms with Gasteiger partial charge in [-0.15, -0.1) is 5.10 Å². The van der Waals surface area contributed by atoms with Crippen LogP contribution in [-0.4, -0.2) is 30.5 Å². The van der Waals surface area contributed by atoms with E-state index in [1.807, 2.05) is 12.1 Å². The monoisotopic (exact) mass is 416 g/mol. The third kappa shape index (κ3) is 3.27. The van der Waals surface area contributed by atoms with Gasteiger partial charge in [-0.1, -0.05) is 32.0 Å². The summed E-state index contributed by atoms with van der Waals surface area (Å²) in [4.78, 5) is 32.8. The number of anilines is 1. The third-order valence-electron chi connectivity index (χ3n) is 5.65. The number of nitrogens with one attached hydrogen (secondary N) is 1. The summed E-state index contributed by atoms with van der Waals surface area (Å²) in [6.45, 7) is 4.15. The van der Waals surface area contributed by atoms with Crippen molar-refractivity contribution in [2.24, 2.45) is 5.41 Å². The summed E-state index contributed by atoms with van der Waals surface area (Å²) in [6.07, 6.45) is 4.57. The average Bonchev–Trinajstić information content (AvgIpc) is 3.16. The summed E-state index contributed by atoms with van der Waals surface area (Å²) < 4.78 is 1.68. The number of rotatable bonds is 3. The largest absolute Gasteiger partial charge is 0.328 e. The van der Waals surface area contributed by atoms with E-state index in [2.05, 4.69) is 34.2 Å². The summed E-state index contributed by atoms with van der Waals surface area (Å²) in [5, 5.41) is 19.1. The second kappa shape index (κ2) is 6.83. The Hall–Kier alpha value is -3.88. The lowest BCUT2D eigenvalue weighted by Crippen LogP contribution is -2.36. The van der Waals surface area contributed by atoms with Gasteiger partial charge in [-0.3, -0.25) is 19.9 Å². The van der Waals surface area contributed by atoms with Crippen LogP contribution in [0, 0.1) is 15.5 Å². The van der Waals surface area contributed by atoms with Gasteiger partial charge in [0.2, 0.25) is 5.95 Å². The van der Waals surface area contributed by atoms with E-state index in [1.54, 1.807) is 29.2 Å². The van der Waals surface area contributed by atoms with Gasteiger partial charge in [0.1, 0.15) is 6.04 Å². The number of benzene rings is 1. The standard InChI is InChI=1S/C22H20N6O3/c1-22(2)10-16-18(17(29)11-22)19(14-6-4-8-23-12-14)27-21(24-16)25-20(26-27)13-5-3-7-15(9-13)28(30)31/h3-9,12,19H,10-11H2,1-2H3,(H,24,25,26). The van der Waals surface area contributed by atoms with Gasteiger partial charge in [0, 0.05) is 47.8 Å². The number of nitrogens with zero attached hydrogens (tertiary/aromatic N) is 5. The Balaban J connectivity index is 1.66. The molecule has 9 nitrogen and oxygen atoms in total. The number of fused-ring (bicyclic) bond motifs is 1. The van der Waals surface area contributed by atoms with Crippen LogP contribution in [0.1, 0.15) is 38.3 Å². The van der Waals surface area contributed by atoms with Crippen molar-refractivity contribution < 1.29 is 9.72 Å². The summed E-state index contributed by atoms with van der Waals surface area (Å²) >= 11 is 0. The first-order valence-electron chi connectivity index (χ1n) is 9.97. The first kappa shape index (κ1) is 19.1. The molecule has 0 radical (unpaired) electrons. The van der Waals surface area contributed by atoms with Crippen LogP contribution in [0.3, 0.4) is 0 Å². The molecule has 1 atom stereocenters. The molecule has 0 saturated heterocycles. The normalized spacial score (nSPS) is 19.4. The summed E-state index contributed by atoms with van der Waals surface area (Å²) in [5.74, 6) is 0.928. The Bertz CT molecular complexity index is 1250. The van der Waals surface area contributed by atoms with Crippen LogP contribution in [0.5, 0.6) is 0 Å². The molecular formula is C22H20N6O3. The number of non-ortho nitro benzene ring substituents is 1. The molecular weight excluding hydrogens is 396 g/mol. The highest BCUT2D eigenvalue weighted by molar-refractivity contribution is 6.00. The minimum atomic E-state index is -0.455. The van der Waals surface area contributed by atoms with E-state index < -0.39 is 11.0 Å². The van der Waals surface area contributed by atoms with Gasteiger partial charge in [0.05, 0.1) is 4.92 Å². The molecule has 0 saturated carbocycles. The summed E-state index contributed by atoms with van der Waals surface area (Å²) in [6, 6.07) is 9.50. The highest BCUT2D eigenvalue weighted by Gasteiger charge is 2.42. The molecule has 1 aliphatic heterocycles. The Kier molecular flexibility index (Phi) is 4.21. The molecule has 5 rings (SSSR count). The van der Waals surface area contributed by atoms with Crippen LogP contribution in [0.2, 0.25) is 0 Å². The molecule has 1 aliphatic carbocycles.